The van der Waals surface area contributed by atoms with Gasteiger partial charge in [-0.3, -0.25) is 4.90 Å². The van der Waals surface area contributed by atoms with Crippen molar-refractivity contribution in [1.82, 2.24) is 4.90 Å². The average molecular weight is 480 g/mol. The minimum absolute atomic E-state index is 0.0643. The monoisotopic (exact) mass is 479 g/mol. The zero-order valence-electron chi connectivity index (χ0n) is 19.7. The van der Waals surface area contributed by atoms with Crippen LogP contribution in [0.25, 0.3) is 0 Å². The number of benzene rings is 3. The van der Waals surface area contributed by atoms with E-state index >= 15 is 0 Å². The molecule has 0 amide bonds. The number of nitrogens with zero attached hydrogens (tertiary/aromatic N) is 1. The second-order valence-corrected chi connectivity index (χ2v) is 11.3. The molecule has 0 aliphatic carbocycles. The zero-order chi connectivity index (χ0) is 24.1. The molecule has 180 valence electrons. The molecule has 1 heterocycles. The molecule has 1 unspecified atom stereocenters. The summed E-state index contributed by atoms with van der Waals surface area (Å²) in [5, 5.41) is 9.65. The van der Waals surface area contributed by atoms with E-state index < -0.39 is 21.1 Å². The number of hydrogen-bond acceptors (Lipinski definition) is 5. The average Bonchev–Trinajstić information content (AvgIpc) is 2.86. The molecule has 1 N–H and O–H groups in total. The Bertz CT molecular complexity index is 1150. The molecule has 0 aromatic heterocycles. The minimum atomic E-state index is -3.69. The second kappa shape index (κ2) is 10.8. The highest BCUT2D eigenvalue weighted by Crippen LogP contribution is 2.34. The van der Waals surface area contributed by atoms with E-state index in [9.17, 15) is 13.5 Å². The molecule has 4 rings (SSSR count). The molecule has 1 saturated heterocycles. The van der Waals surface area contributed by atoms with E-state index in [-0.39, 0.29) is 23.6 Å². The molecule has 5 nitrogen and oxygen atoms in total. The molecule has 0 spiro atoms. The first-order valence-electron chi connectivity index (χ1n) is 11.8. The van der Waals surface area contributed by atoms with Crippen molar-refractivity contribution in [1.29, 1.82) is 0 Å². The number of aliphatic hydroxyl groups excluding tert-OH is 1. The Kier molecular flexibility index (Phi) is 7.84. The molecule has 34 heavy (non-hydrogen) atoms. The van der Waals surface area contributed by atoms with Crippen LogP contribution < -0.4 is 0 Å². The second-order valence-electron chi connectivity index (χ2n) is 9.12. The Hall–Kier alpha value is -2.51. The summed E-state index contributed by atoms with van der Waals surface area (Å²) in [5.41, 5.74) is 3.12. The summed E-state index contributed by atoms with van der Waals surface area (Å²) < 4.78 is 33.9. The largest absolute Gasteiger partial charge is 0.395 e. The van der Waals surface area contributed by atoms with Gasteiger partial charge in [0.25, 0.3) is 0 Å². The summed E-state index contributed by atoms with van der Waals surface area (Å²) in [6.45, 7) is 4.72. The maximum Gasteiger partial charge on any atom is 0.182 e. The normalized spacial score (nSPS) is 23.6. The standard InChI is InChI=1S/C28H33NO4S/c1-21-13-15-25(16-14-21)34(31,32)28-17-27(33-20-24-11-7-4-8-12-24)22(2)29(26(28)19-30)18-23-9-5-3-6-10-23/h3-16,22,26-28,30H,17-20H2,1-2H3/t22-,26-,27-,28?/m0/s1. The van der Waals surface area contributed by atoms with Gasteiger partial charge in [-0.1, -0.05) is 78.4 Å². The summed E-state index contributed by atoms with van der Waals surface area (Å²) in [6.07, 6.45) is 0.0396. The van der Waals surface area contributed by atoms with E-state index in [1.165, 1.54) is 0 Å². The Balaban J connectivity index is 1.67. The van der Waals surface area contributed by atoms with Gasteiger partial charge >= 0.3 is 0 Å². The number of hydrogen-bond donors (Lipinski definition) is 1. The lowest BCUT2D eigenvalue weighted by molar-refractivity contribution is -0.0748. The number of piperidine rings is 1. The van der Waals surface area contributed by atoms with Gasteiger partial charge < -0.3 is 9.84 Å². The van der Waals surface area contributed by atoms with Crippen LogP contribution in [-0.4, -0.2) is 48.5 Å². The van der Waals surface area contributed by atoms with E-state index in [4.69, 9.17) is 4.74 Å². The highest BCUT2D eigenvalue weighted by Gasteiger charge is 2.47. The fourth-order valence-corrected chi connectivity index (χ4v) is 6.78. The van der Waals surface area contributed by atoms with Gasteiger partial charge in [0.2, 0.25) is 0 Å². The van der Waals surface area contributed by atoms with E-state index in [2.05, 4.69) is 11.8 Å². The molecule has 1 aliphatic heterocycles. The topological polar surface area (TPSA) is 66.8 Å². The van der Waals surface area contributed by atoms with E-state index in [0.717, 1.165) is 16.7 Å². The summed E-state index contributed by atoms with van der Waals surface area (Å²) in [6, 6.07) is 26.2. The Labute approximate surface area is 202 Å². The molecule has 0 saturated carbocycles. The Morgan fingerprint density at radius 1 is 0.912 bits per heavy atom. The van der Waals surface area contributed by atoms with Crippen molar-refractivity contribution < 1.29 is 18.3 Å². The van der Waals surface area contributed by atoms with Gasteiger partial charge in [-0.05, 0) is 43.5 Å². The Morgan fingerprint density at radius 2 is 1.50 bits per heavy atom. The number of likely N-dealkylation sites (tertiary alicyclic amines) is 1. The molecule has 3 aromatic rings. The van der Waals surface area contributed by atoms with Gasteiger partial charge in [-0.25, -0.2) is 8.42 Å². The third-order valence-electron chi connectivity index (χ3n) is 6.83. The van der Waals surface area contributed by atoms with Crippen molar-refractivity contribution in [2.45, 2.75) is 61.8 Å². The van der Waals surface area contributed by atoms with Crippen LogP contribution in [0.2, 0.25) is 0 Å². The zero-order valence-corrected chi connectivity index (χ0v) is 20.6. The van der Waals surface area contributed by atoms with Crippen LogP contribution >= 0.6 is 0 Å². The van der Waals surface area contributed by atoms with Crippen molar-refractivity contribution in [3.05, 3.63) is 102 Å². The quantitative estimate of drug-likeness (QED) is 0.519. The lowest BCUT2D eigenvalue weighted by Gasteiger charge is -2.48. The summed E-state index contributed by atoms with van der Waals surface area (Å²) >= 11 is 0. The summed E-state index contributed by atoms with van der Waals surface area (Å²) in [5.74, 6) is 0. The molecule has 0 bridgehead atoms. The predicted octanol–water partition coefficient (Wildman–Crippen LogP) is 4.38. The fraction of sp³-hybridized carbons (Fsp3) is 0.357. The summed E-state index contributed by atoms with van der Waals surface area (Å²) in [7, 11) is -3.69. The van der Waals surface area contributed by atoms with Crippen LogP contribution in [0.1, 0.15) is 30.0 Å². The van der Waals surface area contributed by atoms with Gasteiger partial charge in [0.15, 0.2) is 9.84 Å². The van der Waals surface area contributed by atoms with Crippen molar-refractivity contribution in [3.8, 4) is 0 Å². The third kappa shape index (κ3) is 5.41. The van der Waals surface area contributed by atoms with Crippen LogP contribution in [0.15, 0.2) is 89.8 Å². The first kappa shape index (κ1) is 24.6. The molecule has 6 heteroatoms. The predicted molar refractivity (Wildman–Crippen MR) is 134 cm³/mol. The molecular formula is C28H33NO4S. The SMILES string of the molecule is Cc1ccc(S(=O)(=O)C2C[C@H](OCc3ccccc3)[C@H](C)N(Cc3ccccc3)[C@H]2CO)cc1. The summed E-state index contributed by atoms with van der Waals surface area (Å²) in [4.78, 5) is 2.39. The van der Waals surface area contributed by atoms with Crippen LogP contribution in [0.5, 0.6) is 0 Å². The van der Waals surface area contributed by atoms with Gasteiger partial charge in [-0.15, -0.1) is 0 Å². The van der Waals surface area contributed by atoms with Crippen molar-refractivity contribution in [2.75, 3.05) is 6.61 Å². The van der Waals surface area contributed by atoms with Crippen molar-refractivity contribution in [2.24, 2.45) is 0 Å². The third-order valence-corrected chi connectivity index (χ3v) is 9.06. The lowest BCUT2D eigenvalue weighted by atomic mass is 9.92. The van der Waals surface area contributed by atoms with Crippen LogP contribution in [0, 0.1) is 6.92 Å². The van der Waals surface area contributed by atoms with Crippen LogP contribution in [0.3, 0.4) is 0 Å². The van der Waals surface area contributed by atoms with E-state index in [1.807, 2.05) is 79.7 Å². The number of rotatable bonds is 8. The molecule has 4 atom stereocenters. The van der Waals surface area contributed by atoms with E-state index in [1.54, 1.807) is 12.1 Å². The fourth-order valence-electron chi connectivity index (χ4n) is 4.81. The maximum absolute atomic E-state index is 13.8. The van der Waals surface area contributed by atoms with Gasteiger partial charge in [0, 0.05) is 12.6 Å². The highest BCUT2D eigenvalue weighted by molar-refractivity contribution is 7.92. The molecule has 1 fully saturated rings. The van der Waals surface area contributed by atoms with Gasteiger partial charge in [0.1, 0.15) is 0 Å². The molecular weight excluding hydrogens is 446 g/mol. The van der Waals surface area contributed by atoms with Crippen LogP contribution in [0.4, 0.5) is 0 Å². The van der Waals surface area contributed by atoms with Crippen LogP contribution in [-0.2, 0) is 27.7 Å². The van der Waals surface area contributed by atoms with E-state index in [0.29, 0.717) is 19.6 Å². The first-order chi connectivity index (χ1) is 16.4. The first-order valence-corrected chi connectivity index (χ1v) is 13.3. The van der Waals surface area contributed by atoms with Gasteiger partial charge in [-0.2, -0.15) is 0 Å². The number of sulfone groups is 1. The number of ether oxygens (including phenoxy) is 1. The number of aryl methyl sites for hydroxylation is 1. The lowest BCUT2D eigenvalue weighted by Crippen LogP contribution is -2.61. The minimum Gasteiger partial charge on any atom is -0.395 e. The van der Waals surface area contributed by atoms with Gasteiger partial charge in [0.05, 0.1) is 35.5 Å². The van der Waals surface area contributed by atoms with Crippen molar-refractivity contribution >= 4 is 9.84 Å². The molecule has 3 aromatic carbocycles. The Morgan fingerprint density at radius 3 is 2.09 bits per heavy atom. The van der Waals surface area contributed by atoms with Crippen molar-refractivity contribution in [3.63, 3.8) is 0 Å². The number of aliphatic hydroxyl groups is 1. The highest BCUT2D eigenvalue weighted by atomic mass is 32.2. The molecule has 1 aliphatic rings. The maximum atomic E-state index is 13.8. The smallest absolute Gasteiger partial charge is 0.182 e. The molecule has 0 radical (unpaired) electrons.